The van der Waals surface area contributed by atoms with Crippen LogP contribution in [0.3, 0.4) is 0 Å². The number of nitrogens with zero attached hydrogens (tertiary/aromatic N) is 4. The van der Waals surface area contributed by atoms with Gasteiger partial charge in [0.2, 0.25) is 5.91 Å². The maximum Gasteiger partial charge on any atom is 0.376 e. The van der Waals surface area contributed by atoms with Crippen molar-refractivity contribution in [1.82, 2.24) is 29.9 Å². The molecule has 9 nitrogen and oxygen atoms in total. The quantitative estimate of drug-likeness (QED) is 0.470. The Morgan fingerprint density at radius 2 is 1.94 bits per heavy atom. The van der Waals surface area contributed by atoms with Crippen LogP contribution in [-0.2, 0) is 4.79 Å². The Balaban J connectivity index is 1.40. The largest absolute Gasteiger partial charge is 0.437 e. The minimum atomic E-state index is -0.681. The molecule has 1 saturated carbocycles. The van der Waals surface area contributed by atoms with Crippen LogP contribution in [0, 0.1) is 0 Å². The molecule has 2 aliphatic rings. The maximum atomic E-state index is 13.3. The van der Waals surface area contributed by atoms with Gasteiger partial charge < -0.3 is 29.9 Å². The Hall–Kier alpha value is -2.56. The first-order chi connectivity index (χ1) is 17.4. The predicted octanol–water partition coefficient (Wildman–Crippen LogP) is 2.77. The Morgan fingerprint density at radius 3 is 2.61 bits per heavy atom. The van der Waals surface area contributed by atoms with E-state index in [2.05, 4.69) is 15.6 Å². The van der Waals surface area contributed by atoms with Crippen molar-refractivity contribution in [2.75, 3.05) is 26.2 Å². The normalized spacial score (nSPS) is 20.1. The summed E-state index contributed by atoms with van der Waals surface area (Å²) in [6.07, 6.45) is 11.5. The molecule has 36 heavy (non-hydrogen) atoms. The molecular formula is C25H36BClN6O3. The molecule has 3 amide bonds. The molecule has 1 aromatic carbocycles. The predicted molar refractivity (Wildman–Crippen MR) is 141 cm³/mol. The Bertz CT molecular complexity index is 984. The van der Waals surface area contributed by atoms with Gasteiger partial charge in [-0.05, 0) is 43.8 Å². The number of carbonyl (C=O) groups is 2. The third-order valence-corrected chi connectivity index (χ3v) is 7.55. The number of halogens is 1. The molecule has 2 heterocycles. The monoisotopic (exact) mass is 514 g/mol. The number of piperazine rings is 1. The van der Waals surface area contributed by atoms with E-state index in [1.54, 1.807) is 24.2 Å². The number of amides is 3. The molecule has 0 spiro atoms. The lowest BCUT2D eigenvalue weighted by Gasteiger charge is -2.41. The standard InChI is InChI=1S/C25H36BClN6O3/c1-26(36)32-15-16-33(25(35)30-21-5-3-2-4-6-21)23(17-32)24(34)29-12-11-22(31-14-13-28-18-31)19-7-9-20(27)10-8-19/h7-10,13-14,18,21-23,36H,2-6,11-12,15-17H2,1H3,(H,29,34)(H,30,35)/t22?,23-/m1/s1. The molecule has 2 aromatic rings. The van der Waals surface area contributed by atoms with Crippen molar-refractivity contribution >= 4 is 30.6 Å². The van der Waals surface area contributed by atoms with Crippen molar-refractivity contribution < 1.29 is 14.6 Å². The van der Waals surface area contributed by atoms with Crippen LogP contribution in [0.15, 0.2) is 43.0 Å². The molecule has 2 fully saturated rings. The zero-order chi connectivity index (χ0) is 25.5. The van der Waals surface area contributed by atoms with Crippen LogP contribution >= 0.6 is 11.6 Å². The van der Waals surface area contributed by atoms with Crippen LogP contribution in [0.4, 0.5) is 4.79 Å². The average Bonchev–Trinajstić information content (AvgIpc) is 3.42. The first-order valence-corrected chi connectivity index (χ1v) is 13.3. The summed E-state index contributed by atoms with van der Waals surface area (Å²) >= 11 is 6.07. The van der Waals surface area contributed by atoms with Crippen molar-refractivity contribution in [1.29, 1.82) is 0 Å². The van der Waals surface area contributed by atoms with Gasteiger partial charge in [0.05, 0.1) is 12.4 Å². The first kappa shape index (κ1) is 26.5. The summed E-state index contributed by atoms with van der Waals surface area (Å²) in [6.45, 7) is 3.33. The number of rotatable bonds is 8. The van der Waals surface area contributed by atoms with Crippen LogP contribution in [0.25, 0.3) is 0 Å². The van der Waals surface area contributed by atoms with Gasteiger partial charge in [0.1, 0.15) is 6.04 Å². The highest BCUT2D eigenvalue weighted by atomic mass is 35.5. The third kappa shape index (κ3) is 6.81. The highest BCUT2D eigenvalue weighted by molar-refractivity contribution is 6.45. The van der Waals surface area contributed by atoms with Crippen molar-refractivity contribution in [3.8, 4) is 0 Å². The van der Waals surface area contributed by atoms with Gasteiger partial charge in [0.15, 0.2) is 0 Å². The van der Waals surface area contributed by atoms with Crippen LogP contribution in [-0.4, -0.2) is 81.5 Å². The SMILES string of the molecule is CB(O)N1CCN(C(=O)NC2CCCCC2)[C@@H](C(=O)NCCC(c2ccc(Cl)cc2)n2ccnc2)C1. The van der Waals surface area contributed by atoms with Crippen LogP contribution in [0.2, 0.25) is 11.8 Å². The maximum absolute atomic E-state index is 13.3. The fourth-order valence-corrected chi connectivity index (χ4v) is 5.32. The molecule has 11 heteroatoms. The zero-order valence-electron chi connectivity index (χ0n) is 20.9. The summed E-state index contributed by atoms with van der Waals surface area (Å²) in [6, 6.07) is 6.96. The van der Waals surface area contributed by atoms with Gasteiger partial charge in [0, 0.05) is 49.6 Å². The Kier molecular flexibility index (Phi) is 9.28. The summed E-state index contributed by atoms with van der Waals surface area (Å²) < 4.78 is 2.01. The minimum absolute atomic E-state index is 0.0175. The summed E-state index contributed by atoms with van der Waals surface area (Å²) in [5.41, 5.74) is 1.07. The lowest BCUT2D eigenvalue weighted by molar-refractivity contribution is -0.126. The third-order valence-electron chi connectivity index (χ3n) is 7.29. The number of aromatic nitrogens is 2. The number of benzene rings is 1. The highest BCUT2D eigenvalue weighted by Crippen LogP contribution is 2.23. The Labute approximate surface area is 218 Å². The van der Waals surface area contributed by atoms with Gasteiger partial charge in [-0.25, -0.2) is 9.78 Å². The van der Waals surface area contributed by atoms with Crippen molar-refractivity contribution in [2.45, 2.75) is 63.5 Å². The second-order valence-corrected chi connectivity index (χ2v) is 10.2. The van der Waals surface area contributed by atoms with E-state index in [9.17, 15) is 14.6 Å². The smallest absolute Gasteiger partial charge is 0.376 e. The average molecular weight is 515 g/mol. The number of nitrogens with one attached hydrogen (secondary N) is 2. The molecule has 0 radical (unpaired) electrons. The van der Waals surface area contributed by atoms with E-state index in [0.717, 1.165) is 31.2 Å². The van der Waals surface area contributed by atoms with E-state index < -0.39 is 13.1 Å². The van der Waals surface area contributed by atoms with E-state index in [1.165, 1.54) is 6.42 Å². The highest BCUT2D eigenvalue weighted by Gasteiger charge is 2.38. The van der Waals surface area contributed by atoms with Gasteiger partial charge in [-0.3, -0.25) is 4.79 Å². The first-order valence-electron chi connectivity index (χ1n) is 12.9. The topological polar surface area (TPSA) is 103 Å². The minimum Gasteiger partial charge on any atom is -0.437 e. The van der Waals surface area contributed by atoms with Gasteiger partial charge in [-0.2, -0.15) is 0 Å². The summed E-state index contributed by atoms with van der Waals surface area (Å²) in [7, 11) is -0.681. The second kappa shape index (κ2) is 12.6. The molecule has 1 aliphatic heterocycles. The van der Waals surface area contributed by atoms with Crippen molar-refractivity contribution in [3.63, 3.8) is 0 Å². The van der Waals surface area contributed by atoms with Crippen LogP contribution in [0.1, 0.15) is 50.1 Å². The number of imidazole rings is 1. The summed E-state index contributed by atoms with van der Waals surface area (Å²) in [5, 5.41) is 17.0. The number of hydrogen-bond acceptors (Lipinski definition) is 5. The number of hydrogen-bond donors (Lipinski definition) is 3. The van der Waals surface area contributed by atoms with E-state index in [0.29, 0.717) is 37.6 Å². The lowest BCUT2D eigenvalue weighted by Crippen LogP contribution is -2.64. The van der Waals surface area contributed by atoms with Crippen molar-refractivity contribution in [2.24, 2.45) is 0 Å². The van der Waals surface area contributed by atoms with Crippen LogP contribution in [0.5, 0.6) is 0 Å². The molecule has 1 aromatic heterocycles. The summed E-state index contributed by atoms with van der Waals surface area (Å²) in [5.74, 6) is -0.209. The second-order valence-electron chi connectivity index (χ2n) is 9.78. The molecule has 4 rings (SSSR count). The molecular weight excluding hydrogens is 479 g/mol. The van der Waals surface area contributed by atoms with Crippen LogP contribution < -0.4 is 10.6 Å². The van der Waals surface area contributed by atoms with Crippen molar-refractivity contribution in [3.05, 3.63) is 53.6 Å². The van der Waals surface area contributed by atoms with Gasteiger partial charge in [0.25, 0.3) is 0 Å². The Morgan fingerprint density at radius 1 is 1.19 bits per heavy atom. The van der Waals surface area contributed by atoms with E-state index in [-0.39, 0.29) is 24.0 Å². The molecule has 194 valence electrons. The number of carbonyl (C=O) groups excluding carboxylic acids is 2. The summed E-state index contributed by atoms with van der Waals surface area (Å²) in [4.78, 5) is 34.1. The zero-order valence-corrected chi connectivity index (χ0v) is 21.6. The molecule has 3 N–H and O–H groups in total. The molecule has 1 saturated heterocycles. The molecule has 0 bridgehead atoms. The fraction of sp³-hybridized carbons (Fsp3) is 0.560. The van der Waals surface area contributed by atoms with E-state index in [1.807, 2.05) is 39.8 Å². The molecule has 1 unspecified atom stereocenters. The van der Waals surface area contributed by atoms with Gasteiger partial charge in [-0.1, -0.05) is 43.0 Å². The number of urea groups is 1. The van der Waals surface area contributed by atoms with Gasteiger partial charge in [-0.15, -0.1) is 0 Å². The molecule has 1 aliphatic carbocycles. The lowest BCUT2D eigenvalue weighted by atomic mass is 9.83. The van der Waals surface area contributed by atoms with Gasteiger partial charge >= 0.3 is 13.1 Å². The molecule has 2 atom stereocenters. The van der Waals surface area contributed by atoms with E-state index in [4.69, 9.17) is 11.6 Å². The fourth-order valence-electron chi connectivity index (χ4n) is 5.19. The van der Waals surface area contributed by atoms with E-state index >= 15 is 0 Å².